The lowest BCUT2D eigenvalue weighted by atomic mass is 10.1. The van der Waals surface area contributed by atoms with Crippen LogP contribution in [0.1, 0.15) is 29.9 Å². The molecule has 21 heavy (non-hydrogen) atoms. The number of benzene rings is 1. The first-order valence-electron chi connectivity index (χ1n) is 6.69. The van der Waals surface area contributed by atoms with E-state index in [4.69, 9.17) is 5.73 Å². The van der Waals surface area contributed by atoms with Crippen molar-refractivity contribution in [1.29, 1.82) is 0 Å². The summed E-state index contributed by atoms with van der Waals surface area (Å²) in [7, 11) is 0. The van der Waals surface area contributed by atoms with Gasteiger partial charge in [-0.15, -0.1) is 0 Å². The number of nitrogens with two attached hydrogens (primary N) is 1. The second-order valence-corrected chi connectivity index (χ2v) is 5.96. The van der Waals surface area contributed by atoms with E-state index in [0.29, 0.717) is 5.69 Å². The zero-order valence-electron chi connectivity index (χ0n) is 12.6. The molecule has 0 radical (unpaired) electrons. The van der Waals surface area contributed by atoms with Crippen molar-refractivity contribution in [2.75, 3.05) is 11.1 Å². The molecule has 0 saturated carbocycles. The summed E-state index contributed by atoms with van der Waals surface area (Å²) in [5.74, 6) is -0.123. The van der Waals surface area contributed by atoms with Crippen molar-refractivity contribution in [2.24, 2.45) is 0 Å². The zero-order chi connectivity index (χ0) is 15.7. The number of aryl methyl sites for hydroxylation is 2. The number of hydrogen-bond acceptors (Lipinski definition) is 3. The van der Waals surface area contributed by atoms with Gasteiger partial charge in [0, 0.05) is 11.4 Å². The van der Waals surface area contributed by atoms with Gasteiger partial charge in [0.25, 0.3) is 0 Å². The fraction of sp³-hybridized carbons (Fsp3) is 0.333. The van der Waals surface area contributed by atoms with Crippen LogP contribution in [0.4, 0.5) is 11.4 Å². The standard InChI is InChI=1S/C15H19BrN4O/c1-8-5-6-12(17)7-13(8)18-15(21)11(4)20-10(3)14(16)9(2)19-20/h5-7,11H,17H2,1-4H3,(H,18,21). The molecule has 1 amide bonds. The van der Waals surface area contributed by atoms with E-state index in [2.05, 4.69) is 26.3 Å². The van der Waals surface area contributed by atoms with E-state index < -0.39 is 6.04 Å². The van der Waals surface area contributed by atoms with Gasteiger partial charge in [-0.05, 0) is 61.3 Å². The van der Waals surface area contributed by atoms with Gasteiger partial charge in [0.05, 0.1) is 15.9 Å². The maximum atomic E-state index is 12.4. The lowest BCUT2D eigenvalue weighted by Crippen LogP contribution is -2.25. The van der Waals surface area contributed by atoms with Gasteiger partial charge in [-0.1, -0.05) is 6.07 Å². The summed E-state index contributed by atoms with van der Waals surface area (Å²) < 4.78 is 2.65. The second-order valence-electron chi connectivity index (χ2n) is 5.17. The van der Waals surface area contributed by atoms with Crippen molar-refractivity contribution >= 4 is 33.2 Å². The Labute approximate surface area is 132 Å². The number of rotatable bonds is 3. The van der Waals surface area contributed by atoms with Crippen molar-refractivity contribution < 1.29 is 4.79 Å². The Bertz CT molecular complexity index is 693. The van der Waals surface area contributed by atoms with E-state index in [9.17, 15) is 4.79 Å². The third-order valence-electron chi connectivity index (χ3n) is 3.50. The van der Waals surface area contributed by atoms with Crippen LogP contribution in [-0.2, 0) is 4.79 Å². The maximum absolute atomic E-state index is 12.4. The number of hydrogen-bond donors (Lipinski definition) is 2. The average molecular weight is 351 g/mol. The van der Waals surface area contributed by atoms with Gasteiger partial charge in [-0.3, -0.25) is 9.48 Å². The number of aromatic nitrogens is 2. The molecule has 2 rings (SSSR count). The molecule has 1 aromatic carbocycles. The largest absolute Gasteiger partial charge is 0.399 e. The lowest BCUT2D eigenvalue weighted by molar-refractivity contribution is -0.119. The first-order valence-corrected chi connectivity index (χ1v) is 7.48. The molecule has 5 nitrogen and oxygen atoms in total. The Balaban J connectivity index is 2.23. The molecule has 6 heteroatoms. The highest BCUT2D eigenvalue weighted by molar-refractivity contribution is 9.10. The Kier molecular flexibility index (Phi) is 4.37. The molecule has 0 aliphatic rings. The quantitative estimate of drug-likeness (QED) is 0.833. The number of nitrogens with one attached hydrogen (secondary N) is 1. The molecular formula is C15H19BrN4O. The molecule has 1 unspecified atom stereocenters. The summed E-state index contributed by atoms with van der Waals surface area (Å²) in [5, 5.41) is 7.31. The zero-order valence-corrected chi connectivity index (χ0v) is 14.2. The summed E-state index contributed by atoms with van der Waals surface area (Å²) in [6.45, 7) is 7.59. The van der Waals surface area contributed by atoms with Crippen LogP contribution < -0.4 is 11.1 Å². The van der Waals surface area contributed by atoms with Crippen molar-refractivity contribution in [1.82, 2.24) is 9.78 Å². The molecule has 0 saturated heterocycles. The predicted molar refractivity (Wildman–Crippen MR) is 88.3 cm³/mol. The predicted octanol–water partition coefficient (Wildman–Crippen LogP) is 3.35. The van der Waals surface area contributed by atoms with Crippen molar-refractivity contribution in [3.05, 3.63) is 39.6 Å². The number of nitrogens with zero attached hydrogens (tertiary/aromatic N) is 2. The third kappa shape index (κ3) is 3.10. The van der Waals surface area contributed by atoms with Crippen LogP contribution in [0.3, 0.4) is 0 Å². The average Bonchev–Trinajstić information content (AvgIpc) is 2.69. The molecule has 2 aromatic rings. The van der Waals surface area contributed by atoms with E-state index >= 15 is 0 Å². The van der Waals surface area contributed by atoms with Crippen molar-refractivity contribution in [3.63, 3.8) is 0 Å². The van der Waals surface area contributed by atoms with Crippen LogP contribution in [0, 0.1) is 20.8 Å². The van der Waals surface area contributed by atoms with Crippen LogP contribution in [0.2, 0.25) is 0 Å². The van der Waals surface area contributed by atoms with E-state index in [0.717, 1.165) is 27.1 Å². The Morgan fingerprint density at radius 2 is 2.05 bits per heavy atom. The summed E-state index contributed by atoms with van der Waals surface area (Å²) >= 11 is 3.47. The first-order chi connectivity index (χ1) is 9.81. The van der Waals surface area contributed by atoms with Crippen molar-refractivity contribution in [3.8, 4) is 0 Å². The molecule has 1 aromatic heterocycles. The maximum Gasteiger partial charge on any atom is 0.248 e. The highest BCUT2D eigenvalue weighted by atomic mass is 79.9. The number of carbonyl (C=O) groups excluding carboxylic acids is 1. The molecule has 112 valence electrons. The van der Waals surface area contributed by atoms with E-state index in [1.54, 1.807) is 10.7 Å². The molecular weight excluding hydrogens is 332 g/mol. The summed E-state index contributed by atoms with van der Waals surface area (Å²) in [4.78, 5) is 12.4. The van der Waals surface area contributed by atoms with E-state index in [1.165, 1.54) is 0 Å². The highest BCUT2D eigenvalue weighted by Gasteiger charge is 2.20. The van der Waals surface area contributed by atoms with Gasteiger partial charge in [-0.25, -0.2) is 0 Å². The van der Waals surface area contributed by atoms with E-state index in [-0.39, 0.29) is 5.91 Å². The Morgan fingerprint density at radius 1 is 1.38 bits per heavy atom. The topological polar surface area (TPSA) is 72.9 Å². The molecule has 0 aliphatic heterocycles. The number of nitrogen functional groups attached to an aromatic ring is 1. The molecule has 0 aliphatic carbocycles. The molecule has 0 fully saturated rings. The normalized spacial score (nSPS) is 12.2. The number of halogens is 1. The van der Waals surface area contributed by atoms with Crippen molar-refractivity contribution in [2.45, 2.75) is 33.7 Å². The van der Waals surface area contributed by atoms with E-state index in [1.807, 2.05) is 39.8 Å². The van der Waals surface area contributed by atoms with Crippen LogP contribution in [0.5, 0.6) is 0 Å². The summed E-state index contributed by atoms with van der Waals surface area (Å²) in [5.41, 5.74) is 9.88. The number of carbonyl (C=O) groups is 1. The second kappa shape index (κ2) is 5.89. The Morgan fingerprint density at radius 3 is 2.62 bits per heavy atom. The minimum absolute atomic E-state index is 0.123. The lowest BCUT2D eigenvalue weighted by Gasteiger charge is -2.16. The monoisotopic (exact) mass is 350 g/mol. The minimum Gasteiger partial charge on any atom is -0.399 e. The van der Waals surface area contributed by atoms with Crippen LogP contribution in [-0.4, -0.2) is 15.7 Å². The Hall–Kier alpha value is -1.82. The smallest absolute Gasteiger partial charge is 0.248 e. The molecule has 1 atom stereocenters. The minimum atomic E-state index is -0.407. The van der Waals surface area contributed by atoms with Gasteiger partial charge in [0.15, 0.2) is 0 Å². The first kappa shape index (κ1) is 15.6. The summed E-state index contributed by atoms with van der Waals surface area (Å²) in [6.07, 6.45) is 0. The van der Waals surface area contributed by atoms with Gasteiger partial charge >= 0.3 is 0 Å². The molecule has 1 heterocycles. The van der Waals surface area contributed by atoms with Gasteiger partial charge < -0.3 is 11.1 Å². The van der Waals surface area contributed by atoms with Crippen LogP contribution in [0.15, 0.2) is 22.7 Å². The fourth-order valence-corrected chi connectivity index (χ4v) is 2.40. The third-order valence-corrected chi connectivity index (χ3v) is 4.65. The van der Waals surface area contributed by atoms with Gasteiger partial charge in [0.2, 0.25) is 5.91 Å². The van der Waals surface area contributed by atoms with Crippen LogP contribution >= 0.6 is 15.9 Å². The molecule has 3 N–H and O–H groups in total. The highest BCUT2D eigenvalue weighted by Crippen LogP contribution is 2.24. The molecule has 0 spiro atoms. The SMILES string of the molecule is Cc1ccc(N)cc1NC(=O)C(C)n1nc(C)c(Br)c1C. The number of anilines is 2. The number of amides is 1. The van der Waals surface area contributed by atoms with Crippen LogP contribution in [0.25, 0.3) is 0 Å². The van der Waals surface area contributed by atoms with Gasteiger partial charge in [0.1, 0.15) is 6.04 Å². The fourth-order valence-electron chi connectivity index (χ4n) is 2.14. The summed E-state index contributed by atoms with van der Waals surface area (Å²) in [6, 6.07) is 5.05. The molecule has 0 bridgehead atoms. The van der Waals surface area contributed by atoms with Gasteiger partial charge in [-0.2, -0.15) is 5.10 Å².